The zero-order valence-corrected chi connectivity index (χ0v) is 12.9. The van der Waals surface area contributed by atoms with E-state index < -0.39 is 0 Å². The first kappa shape index (κ1) is 14.1. The first-order chi connectivity index (χ1) is 11.4. The van der Waals surface area contributed by atoms with Gasteiger partial charge in [0.05, 0.1) is 17.4 Å². The molecule has 3 aromatic rings. The SMILES string of the molecule is c1ccc(-c2cc(-c3ccccc3)nc(C3CCCN3)n2)cc1. The minimum atomic E-state index is 0.265. The second-order valence-electron chi connectivity index (χ2n) is 5.88. The van der Waals surface area contributed by atoms with Gasteiger partial charge in [-0.2, -0.15) is 0 Å². The maximum Gasteiger partial charge on any atom is 0.146 e. The molecule has 23 heavy (non-hydrogen) atoms. The van der Waals surface area contributed by atoms with Gasteiger partial charge in [0.2, 0.25) is 0 Å². The average Bonchev–Trinajstić information content (AvgIpc) is 3.18. The van der Waals surface area contributed by atoms with E-state index in [1.165, 1.54) is 6.42 Å². The summed E-state index contributed by atoms with van der Waals surface area (Å²) in [6.07, 6.45) is 2.29. The third kappa shape index (κ3) is 3.01. The molecule has 0 amide bonds. The molecule has 3 heteroatoms. The Hall–Kier alpha value is -2.52. The fraction of sp³-hybridized carbons (Fsp3) is 0.200. The van der Waals surface area contributed by atoms with E-state index in [4.69, 9.17) is 9.97 Å². The molecule has 0 bridgehead atoms. The van der Waals surface area contributed by atoms with Crippen LogP contribution in [0.25, 0.3) is 22.5 Å². The molecule has 1 fully saturated rings. The summed E-state index contributed by atoms with van der Waals surface area (Å²) in [6.45, 7) is 1.05. The van der Waals surface area contributed by atoms with Crippen LogP contribution in [0, 0.1) is 0 Å². The van der Waals surface area contributed by atoms with Crippen molar-refractivity contribution in [2.45, 2.75) is 18.9 Å². The zero-order chi connectivity index (χ0) is 15.5. The average molecular weight is 301 g/mol. The predicted octanol–water partition coefficient (Wildman–Crippen LogP) is 4.24. The standard InChI is InChI=1S/C20H19N3/c1-3-8-15(9-4-1)18-14-19(16-10-5-2-6-11-16)23-20(22-18)17-12-7-13-21-17/h1-6,8-11,14,17,21H,7,12-13H2. The van der Waals surface area contributed by atoms with E-state index in [-0.39, 0.29) is 6.04 Å². The number of hydrogen-bond donors (Lipinski definition) is 1. The van der Waals surface area contributed by atoms with E-state index in [0.29, 0.717) is 0 Å². The number of hydrogen-bond acceptors (Lipinski definition) is 3. The molecular formula is C20H19N3. The molecule has 1 aliphatic heterocycles. The van der Waals surface area contributed by atoms with E-state index in [2.05, 4.69) is 35.6 Å². The highest BCUT2D eigenvalue weighted by atomic mass is 15.0. The van der Waals surface area contributed by atoms with Gasteiger partial charge in [-0.25, -0.2) is 9.97 Å². The van der Waals surface area contributed by atoms with Crippen molar-refractivity contribution >= 4 is 0 Å². The number of rotatable bonds is 3. The van der Waals surface area contributed by atoms with Crippen molar-refractivity contribution in [2.75, 3.05) is 6.54 Å². The van der Waals surface area contributed by atoms with Crippen LogP contribution in [0.15, 0.2) is 66.7 Å². The summed E-state index contributed by atoms with van der Waals surface area (Å²) in [6, 6.07) is 23.0. The summed E-state index contributed by atoms with van der Waals surface area (Å²) in [4.78, 5) is 9.68. The molecule has 1 saturated heterocycles. The Morgan fingerprint density at radius 2 is 1.35 bits per heavy atom. The van der Waals surface area contributed by atoms with Gasteiger partial charge in [0.15, 0.2) is 0 Å². The highest BCUT2D eigenvalue weighted by Gasteiger charge is 2.20. The first-order valence-electron chi connectivity index (χ1n) is 8.13. The minimum absolute atomic E-state index is 0.265. The molecule has 0 spiro atoms. The molecule has 4 rings (SSSR count). The van der Waals surface area contributed by atoms with Crippen LogP contribution in [0.3, 0.4) is 0 Å². The molecule has 1 atom stereocenters. The molecular weight excluding hydrogens is 282 g/mol. The zero-order valence-electron chi connectivity index (χ0n) is 12.9. The lowest BCUT2D eigenvalue weighted by molar-refractivity contribution is 0.606. The van der Waals surface area contributed by atoms with Crippen molar-refractivity contribution in [3.05, 3.63) is 72.6 Å². The van der Waals surface area contributed by atoms with Crippen LogP contribution in [0.1, 0.15) is 24.7 Å². The van der Waals surface area contributed by atoms with Crippen molar-refractivity contribution < 1.29 is 0 Å². The molecule has 114 valence electrons. The van der Waals surface area contributed by atoms with Gasteiger partial charge in [-0.1, -0.05) is 60.7 Å². The Kier molecular flexibility index (Phi) is 3.86. The molecule has 1 N–H and O–H groups in total. The smallest absolute Gasteiger partial charge is 0.146 e. The van der Waals surface area contributed by atoms with E-state index in [1.807, 2.05) is 36.4 Å². The molecule has 3 nitrogen and oxygen atoms in total. The number of benzene rings is 2. The first-order valence-corrected chi connectivity index (χ1v) is 8.13. The molecule has 1 aliphatic rings. The van der Waals surface area contributed by atoms with Crippen LogP contribution in [0.5, 0.6) is 0 Å². The van der Waals surface area contributed by atoms with Crippen LogP contribution in [-0.2, 0) is 0 Å². The van der Waals surface area contributed by atoms with Gasteiger partial charge in [0.1, 0.15) is 5.82 Å². The maximum atomic E-state index is 4.84. The minimum Gasteiger partial charge on any atom is -0.307 e. The maximum absolute atomic E-state index is 4.84. The Labute approximate surface area is 136 Å². The summed E-state index contributed by atoms with van der Waals surface area (Å²) in [7, 11) is 0. The Morgan fingerprint density at radius 1 is 0.783 bits per heavy atom. The van der Waals surface area contributed by atoms with Gasteiger partial charge >= 0.3 is 0 Å². The second-order valence-corrected chi connectivity index (χ2v) is 5.88. The number of nitrogens with zero attached hydrogens (tertiary/aromatic N) is 2. The highest BCUT2D eigenvalue weighted by Crippen LogP contribution is 2.27. The van der Waals surface area contributed by atoms with Crippen molar-refractivity contribution in [3.8, 4) is 22.5 Å². The van der Waals surface area contributed by atoms with Crippen molar-refractivity contribution in [3.63, 3.8) is 0 Å². The second kappa shape index (κ2) is 6.31. The third-order valence-corrected chi connectivity index (χ3v) is 4.25. The van der Waals surface area contributed by atoms with Gasteiger partial charge in [0.25, 0.3) is 0 Å². The molecule has 1 unspecified atom stereocenters. The summed E-state index contributed by atoms with van der Waals surface area (Å²) >= 11 is 0. The van der Waals surface area contributed by atoms with Crippen LogP contribution in [-0.4, -0.2) is 16.5 Å². The van der Waals surface area contributed by atoms with E-state index in [0.717, 1.165) is 41.3 Å². The van der Waals surface area contributed by atoms with Gasteiger partial charge in [-0.05, 0) is 25.5 Å². The molecule has 1 aromatic heterocycles. The largest absolute Gasteiger partial charge is 0.307 e. The lowest BCUT2D eigenvalue weighted by Crippen LogP contribution is -2.16. The van der Waals surface area contributed by atoms with Gasteiger partial charge in [-0.15, -0.1) is 0 Å². The summed E-state index contributed by atoms with van der Waals surface area (Å²) in [5.74, 6) is 0.905. The molecule has 2 heterocycles. The van der Waals surface area contributed by atoms with Crippen LogP contribution >= 0.6 is 0 Å². The predicted molar refractivity (Wildman–Crippen MR) is 92.9 cm³/mol. The van der Waals surface area contributed by atoms with Crippen LogP contribution < -0.4 is 5.32 Å². The fourth-order valence-electron chi connectivity index (χ4n) is 3.04. The van der Waals surface area contributed by atoms with Crippen LogP contribution in [0.4, 0.5) is 0 Å². The van der Waals surface area contributed by atoms with Crippen LogP contribution in [0.2, 0.25) is 0 Å². The van der Waals surface area contributed by atoms with Crippen molar-refractivity contribution in [2.24, 2.45) is 0 Å². The van der Waals surface area contributed by atoms with Gasteiger partial charge < -0.3 is 5.32 Å². The van der Waals surface area contributed by atoms with E-state index in [9.17, 15) is 0 Å². The molecule has 0 aliphatic carbocycles. The van der Waals surface area contributed by atoms with Gasteiger partial charge in [0, 0.05) is 11.1 Å². The van der Waals surface area contributed by atoms with E-state index >= 15 is 0 Å². The fourth-order valence-corrected chi connectivity index (χ4v) is 3.04. The normalized spacial score (nSPS) is 17.3. The number of aromatic nitrogens is 2. The monoisotopic (exact) mass is 301 g/mol. The topological polar surface area (TPSA) is 37.8 Å². The summed E-state index contributed by atoms with van der Waals surface area (Å²) in [5, 5.41) is 3.51. The van der Waals surface area contributed by atoms with Gasteiger partial charge in [-0.3, -0.25) is 0 Å². The molecule has 0 saturated carbocycles. The van der Waals surface area contributed by atoms with Crippen molar-refractivity contribution in [1.29, 1.82) is 0 Å². The highest BCUT2D eigenvalue weighted by molar-refractivity contribution is 5.67. The summed E-state index contributed by atoms with van der Waals surface area (Å²) < 4.78 is 0. The third-order valence-electron chi connectivity index (χ3n) is 4.25. The Balaban J connectivity index is 1.84. The van der Waals surface area contributed by atoms with Crippen molar-refractivity contribution in [1.82, 2.24) is 15.3 Å². The lowest BCUT2D eigenvalue weighted by atomic mass is 10.1. The van der Waals surface area contributed by atoms with E-state index in [1.54, 1.807) is 0 Å². The summed E-state index contributed by atoms with van der Waals surface area (Å²) in [5.41, 5.74) is 4.24. The Bertz CT molecular complexity index is 721. The lowest BCUT2D eigenvalue weighted by Gasteiger charge is -2.13. The Morgan fingerprint density at radius 3 is 1.83 bits per heavy atom. The quantitative estimate of drug-likeness (QED) is 0.786. The molecule has 2 aromatic carbocycles. The molecule has 0 radical (unpaired) electrons. The number of nitrogens with one attached hydrogen (secondary N) is 1.